The monoisotopic (exact) mass is 194 g/mol. The Morgan fingerprint density at radius 3 is 2.10 bits per heavy atom. The van der Waals surface area contributed by atoms with Crippen LogP contribution in [0.5, 0.6) is 0 Å². The summed E-state index contributed by atoms with van der Waals surface area (Å²) in [5, 5.41) is 0. The molecule has 0 aliphatic rings. The van der Waals surface area contributed by atoms with E-state index in [-0.39, 0.29) is 64.2 Å². The molecule has 0 rings (SSSR count). The summed E-state index contributed by atoms with van der Waals surface area (Å²) in [5.74, 6) is -0.448. The molecule has 0 aromatic heterocycles. The molecule has 0 aliphatic heterocycles. The minimum absolute atomic E-state index is 0. The van der Waals surface area contributed by atoms with Crippen LogP contribution in [0.15, 0.2) is 0 Å². The second-order valence-electron chi connectivity index (χ2n) is 1.66. The Hall–Kier alpha value is 1.48. The van der Waals surface area contributed by atoms with Gasteiger partial charge in [-0.3, -0.25) is 4.39 Å². The van der Waals surface area contributed by atoms with Crippen LogP contribution in [0.3, 0.4) is 0 Å². The van der Waals surface area contributed by atoms with E-state index in [0.717, 1.165) is 0 Å². The Morgan fingerprint density at radius 1 is 1.30 bits per heavy atom. The molecule has 0 aromatic carbocycles. The Morgan fingerprint density at radius 2 is 1.80 bits per heavy atom. The molecule has 56 valence electrons. The standard InChI is InChI=1S/C4H9FO3S.K/c5-3-1-2-4-9(6,7)8;/h1-4H2,(H,6,7,8);/q;+1/p-1. The van der Waals surface area contributed by atoms with Gasteiger partial charge in [0.25, 0.3) is 0 Å². The van der Waals surface area contributed by atoms with E-state index in [1.165, 1.54) is 0 Å². The van der Waals surface area contributed by atoms with E-state index in [1.54, 1.807) is 0 Å². The van der Waals surface area contributed by atoms with Gasteiger partial charge in [0.1, 0.15) is 0 Å². The SMILES string of the molecule is O=S(=O)([O-])CCCCF.[K+]. The normalized spacial score (nSPS) is 10.6. The molecule has 0 aromatic rings. The molecule has 6 heteroatoms. The van der Waals surface area contributed by atoms with E-state index in [1.807, 2.05) is 0 Å². The summed E-state index contributed by atoms with van der Waals surface area (Å²) in [6, 6.07) is 0. The van der Waals surface area contributed by atoms with Gasteiger partial charge >= 0.3 is 51.4 Å². The third-order valence-corrected chi connectivity index (χ3v) is 1.57. The molecule has 0 atom stereocenters. The van der Waals surface area contributed by atoms with Gasteiger partial charge in [0.15, 0.2) is 0 Å². The maximum atomic E-state index is 11.3. The topological polar surface area (TPSA) is 57.2 Å². The van der Waals surface area contributed by atoms with Crippen LogP contribution in [-0.2, 0) is 10.1 Å². The van der Waals surface area contributed by atoms with Gasteiger partial charge < -0.3 is 4.55 Å². The van der Waals surface area contributed by atoms with Crippen molar-refractivity contribution in [3.8, 4) is 0 Å². The molecule has 0 saturated heterocycles. The molecular formula is C4H8FKO3S. The van der Waals surface area contributed by atoms with Crippen LogP contribution in [0.25, 0.3) is 0 Å². The van der Waals surface area contributed by atoms with Crippen LogP contribution in [0.4, 0.5) is 4.39 Å². The molecule has 10 heavy (non-hydrogen) atoms. The fraction of sp³-hybridized carbons (Fsp3) is 1.00. The zero-order valence-electron chi connectivity index (χ0n) is 5.84. The minimum Gasteiger partial charge on any atom is -0.748 e. The first-order valence-electron chi connectivity index (χ1n) is 2.56. The molecule has 0 unspecified atom stereocenters. The van der Waals surface area contributed by atoms with Gasteiger partial charge in [0.2, 0.25) is 0 Å². The van der Waals surface area contributed by atoms with Gasteiger partial charge in [0, 0.05) is 5.75 Å². The molecule has 3 nitrogen and oxygen atoms in total. The van der Waals surface area contributed by atoms with Crippen molar-refractivity contribution in [3.63, 3.8) is 0 Å². The summed E-state index contributed by atoms with van der Waals surface area (Å²) in [6.45, 7) is -0.560. The Bertz CT molecular complexity index is 156. The second kappa shape index (κ2) is 7.14. The first-order valence-corrected chi connectivity index (χ1v) is 4.13. The number of hydrogen-bond donors (Lipinski definition) is 0. The van der Waals surface area contributed by atoms with Crippen molar-refractivity contribution in [1.82, 2.24) is 0 Å². The molecule has 0 fully saturated rings. The number of unbranched alkanes of at least 4 members (excludes halogenated alkanes) is 1. The van der Waals surface area contributed by atoms with E-state index >= 15 is 0 Å². The van der Waals surface area contributed by atoms with Crippen molar-refractivity contribution in [1.29, 1.82) is 0 Å². The van der Waals surface area contributed by atoms with Crippen molar-refractivity contribution in [2.45, 2.75) is 12.8 Å². The molecule has 0 radical (unpaired) electrons. The molecule has 0 amide bonds. The Kier molecular flexibility index (Phi) is 10.0. The quantitative estimate of drug-likeness (QED) is 0.278. The van der Waals surface area contributed by atoms with Gasteiger partial charge in [0.05, 0.1) is 16.8 Å². The molecule has 0 N–H and O–H groups in total. The zero-order valence-corrected chi connectivity index (χ0v) is 9.78. The largest absolute Gasteiger partial charge is 1.00 e. The van der Waals surface area contributed by atoms with Crippen LogP contribution in [-0.4, -0.2) is 25.4 Å². The summed E-state index contributed by atoms with van der Waals surface area (Å²) >= 11 is 0. The zero-order chi connectivity index (χ0) is 7.33. The van der Waals surface area contributed by atoms with E-state index in [9.17, 15) is 17.4 Å². The first-order chi connectivity index (χ1) is 4.06. The predicted molar refractivity (Wildman–Crippen MR) is 29.8 cm³/mol. The summed E-state index contributed by atoms with van der Waals surface area (Å²) in [4.78, 5) is 0. The van der Waals surface area contributed by atoms with Gasteiger partial charge in [-0.1, -0.05) is 0 Å². The van der Waals surface area contributed by atoms with E-state index < -0.39 is 22.5 Å². The van der Waals surface area contributed by atoms with Gasteiger partial charge in [-0.15, -0.1) is 0 Å². The molecule has 0 saturated carbocycles. The third-order valence-electron chi connectivity index (χ3n) is 0.778. The van der Waals surface area contributed by atoms with Gasteiger partial charge in [-0.25, -0.2) is 8.42 Å². The summed E-state index contributed by atoms with van der Waals surface area (Å²) < 4.78 is 40.8. The average Bonchev–Trinajstić information content (AvgIpc) is 1.63. The van der Waals surface area contributed by atoms with E-state index in [4.69, 9.17) is 0 Å². The van der Waals surface area contributed by atoms with E-state index in [2.05, 4.69) is 0 Å². The molecule has 0 bridgehead atoms. The van der Waals surface area contributed by atoms with Crippen molar-refractivity contribution in [3.05, 3.63) is 0 Å². The van der Waals surface area contributed by atoms with Crippen molar-refractivity contribution < 1.29 is 68.7 Å². The minimum atomic E-state index is -4.11. The third kappa shape index (κ3) is 12.2. The van der Waals surface area contributed by atoms with Crippen LogP contribution in [0, 0.1) is 0 Å². The van der Waals surface area contributed by atoms with Crippen molar-refractivity contribution >= 4 is 10.1 Å². The fourth-order valence-electron chi connectivity index (χ4n) is 0.373. The van der Waals surface area contributed by atoms with Crippen LogP contribution < -0.4 is 51.4 Å². The summed E-state index contributed by atoms with van der Waals surface area (Å²) in [5.41, 5.74) is 0. The predicted octanol–water partition coefficient (Wildman–Crippen LogP) is -2.71. The van der Waals surface area contributed by atoms with Crippen LogP contribution >= 0.6 is 0 Å². The fourth-order valence-corrected chi connectivity index (χ4v) is 0.931. The first kappa shape index (κ1) is 14.0. The average molecular weight is 194 g/mol. The molecule has 0 heterocycles. The molecule has 0 aliphatic carbocycles. The second-order valence-corrected chi connectivity index (χ2v) is 3.18. The van der Waals surface area contributed by atoms with Gasteiger partial charge in [-0.05, 0) is 12.8 Å². The maximum absolute atomic E-state index is 11.3. The van der Waals surface area contributed by atoms with Crippen molar-refractivity contribution in [2.24, 2.45) is 0 Å². The van der Waals surface area contributed by atoms with Gasteiger partial charge in [-0.2, -0.15) is 0 Å². The number of hydrogen-bond acceptors (Lipinski definition) is 3. The Labute approximate surface area is 103 Å². The van der Waals surface area contributed by atoms with E-state index in [0.29, 0.717) is 0 Å². The smallest absolute Gasteiger partial charge is 0.748 e. The number of alkyl halides is 1. The molecular weight excluding hydrogens is 186 g/mol. The molecule has 0 spiro atoms. The van der Waals surface area contributed by atoms with Crippen molar-refractivity contribution in [2.75, 3.05) is 12.4 Å². The van der Waals surface area contributed by atoms with Crippen LogP contribution in [0.1, 0.15) is 12.8 Å². The summed E-state index contributed by atoms with van der Waals surface area (Å²) in [6.07, 6.45) is 0.282. The Balaban J connectivity index is 0. The maximum Gasteiger partial charge on any atom is 1.00 e. The summed E-state index contributed by atoms with van der Waals surface area (Å²) in [7, 11) is -4.11. The number of halogens is 1. The van der Waals surface area contributed by atoms with Crippen LogP contribution in [0.2, 0.25) is 0 Å². The number of rotatable bonds is 4.